The molecule has 0 fully saturated rings. The normalized spacial score (nSPS) is 13.1. The average molecular weight is 381 g/mol. The molecular formula is C22H27N3O3. The van der Waals surface area contributed by atoms with E-state index in [1.165, 1.54) is 4.68 Å². The van der Waals surface area contributed by atoms with Crippen LogP contribution in [0.1, 0.15) is 74.9 Å². The number of carbonyl (C=O) groups is 3. The zero-order valence-electron chi connectivity index (χ0n) is 17.5. The van der Waals surface area contributed by atoms with E-state index < -0.39 is 5.41 Å². The van der Waals surface area contributed by atoms with Gasteiger partial charge in [0.2, 0.25) is 11.8 Å². The number of fused-ring (bicyclic) bond motifs is 3. The van der Waals surface area contributed by atoms with Crippen LogP contribution in [0.5, 0.6) is 0 Å². The van der Waals surface area contributed by atoms with Gasteiger partial charge in [0.1, 0.15) is 5.69 Å². The molecule has 2 aromatic rings. The van der Waals surface area contributed by atoms with Gasteiger partial charge in [-0.3, -0.25) is 14.4 Å². The predicted octanol–water partition coefficient (Wildman–Crippen LogP) is 4.28. The molecule has 3 rings (SSSR count). The molecule has 6 nitrogen and oxygen atoms in total. The van der Waals surface area contributed by atoms with Crippen LogP contribution in [-0.2, 0) is 10.2 Å². The Bertz CT molecular complexity index is 991. The lowest BCUT2D eigenvalue weighted by atomic mass is 9.87. The number of aromatic nitrogens is 2. The fraction of sp³-hybridized carbons (Fsp3) is 0.455. The van der Waals surface area contributed by atoms with Crippen molar-refractivity contribution in [3.05, 3.63) is 35.0 Å². The first kappa shape index (κ1) is 20.0. The number of rotatable bonds is 3. The molecule has 0 spiro atoms. The second-order valence-corrected chi connectivity index (χ2v) is 8.96. The first-order valence-electron chi connectivity index (χ1n) is 9.61. The minimum Gasteiger partial charge on any atom is -0.326 e. The molecule has 1 aromatic carbocycles. The molecule has 1 amide bonds. The SMILES string of the molecule is CC(C)C(=O)Nc1ccc2c(c1)C(=O)c1c-2nn(C(=O)C(C)C)c1C(C)(C)C. The molecule has 0 aliphatic heterocycles. The Morgan fingerprint density at radius 2 is 1.68 bits per heavy atom. The smallest absolute Gasteiger partial charge is 0.249 e. The summed E-state index contributed by atoms with van der Waals surface area (Å²) in [5, 5.41) is 7.38. The maximum absolute atomic E-state index is 13.3. The molecule has 1 aromatic heterocycles. The molecule has 0 atom stereocenters. The summed E-state index contributed by atoms with van der Waals surface area (Å²) in [5.41, 5.74) is 3.02. The molecule has 0 radical (unpaired) electrons. The van der Waals surface area contributed by atoms with E-state index in [4.69, 9.17) is 0 Å². The standard InChI is InChI=1S/C22H27N3O3/c1-11(2)20(27)23-13-8-9-14-15(10-13)18(26)16-17(14)24-25(21(28)12(3)4)19(16)22(5,6)7/h8-12H,1-7H3,(H,23,27). The first-order valence-corrected chi connectivity index (χ1v) is 9.61. The van der Waals surface area contributed by atoms with Crippen molar-refractivity contribution in [1.29, 1.82) is 0 Å². The van der Waals surface area contributed by atoms with Gasteiger partial charge >= 0.3 is 0 Å². The van der Waals surface area contributed by atoms with Gasteiger partial charge < -0.3 is 5.32 Å². The van der Waals surface area contributed by atoms with Crippen LogP contribution in [-0.4, -0.2) is 27.4 Å². The number of amides is 1. The summed E-state index contributed by atoms with van der Waals surface area (Å²) >= 11 is 0. The highest BCUT2D eigenvalue weighted by Gasteiger charge is 2.39. The summed E-state index contributed by atoms with van der Waals surface area (Å²) in [5.74, 6) is -0.776. The van der Waals surface area contributed by atoms with Gasteiger partial charge in [-0.1, -0.05) is 48.5 Å². The quantitative estimate of drug-likeness (QED) is 0.734. The molecule has 0 saturated carbocycles. The summed E-state index contributed by atoms with van der Waals surface area (Å²) in [6.07, 6.45) is 0. The van der Waals surface area contributed by atoms with Crippen molar-refractivity contribution in [3.8, 4) is 11.3 Å². The van der Waals surface area contributed by atoms with Crippen LogP contribution in [0.4, 0.5) is 5.69 Å². The van der Waals surface area contributed by atoms with Crippen molar-refractivity contribution in [1.82, 2.24) is 9.78 Å². The van der Waals surface area contributed by atoms with Gasteiger partial charge in [-0.2, -0.15) is 5.10 Å². The highest BCUT2D eigenvalue weighted by Crippen LogP contribution is 2.42. The van der Waals surface area contributed by atoms with Crippen LogP contribution in [0.25, 0.3) is 11.3 Å². The van der Waals surface area contributed by atoms with E-state index in [9.17, 15) is 14.4 Å². The first-order chi connectivity index (χ1) is 12.9. The van der Waals surface area contributed by atoms with Crippen LogP contribution in [0, 0.1) is 11.8 Å². The van der Waals surface area contributed by atoms with Crippen LogP contribution in [0.15, 0.2) is 18.2 Å². The molecule has 1 aliphatic rings. The number of benzene rings is 1. The predicted molar refractivity (Wildman–Crippen MR) is 109 cm³/mol. The molecular weight excluding hydrogens is 354 g/mol. The van der Waals surface area contributed by atoms with E-state index in [2.05, 4.69) is 10.4 Å². The van der Waals surface area contributed by atoms with Crippen LogP contribution >= 0.6 is 0 Å². The van der Waals surface area contributed by atoms with Crippen molar-refractivity contribution >= 4 is 23.3 Å². The van der Waals surface area contributed by atoms with Gasteiger partial charge in [-0.25, -0.2) is 4.68 Å². The lowest BCUT2D eigenvalue weighted by molar-refractivity contribution is -0.118. The number of hydrogen-bond donors (Lipinski definition) is 1. The Hall–Kier alpha value is -2.76. The number of anilines is 1. The third kappa shape index (κ3) is 3.17. The van der Waals surface area contributed by atoms with Gasteiger partial charge in [-0.05, 0) is 18.2 Å². The molecule has 1 heterocycles. The number of carbonyl (C=O) groups excluding carboxylic acids is 3. The lowest BCUT2D eigenvalue weighted by Gasteiger charge is -2.22. The third-order valence-electron chi connectivity index (χ3n) is 4.84. The molecule has 1 aliphatic carbocycles. The fourth-order valence-electron chi connectivity index (χ4n) is 3.36. The fourth-order valence-corrected chi connectivity index (χ4v) is 3.36. The summed E-state index contributed by atoms with van der Waals surface area (Å²) in [7, 11) is 0. The molecule has 6 heteroatoms. The van der Waals surface area contributed by atoms with E-state index in [-0.39, 0.29) is 29.4 Å². The van der Waals surface area contributed by atoms with E-state index in [0.29, 0.717) is 33.8 Å². The topological polar surface area (TPSA) is 81.1 Å². The molecule has 1 N–H and O–H groups in total. The minimum atomic E-state index is -0.433. The second-order valence-electron chi connectivity index (χ2n) is 8.96. The van der Waals surface area contributed by atoms with E-state index in [0.717, 1.165) is 0 Å². The average Bonchev–Trinajstić information content (AvgIpc) is 3.10. The number of nitrogens with zero attached hydrogens (tertiary/aromatic N) is 2. The molecule has 0 unspecified atom stereocenters. The Labute approximate surface area is 165 Å². The number of hydrogen-bond acceptors (Lipinski definition) is 4. The van der Waals surface area contributed by atoms with Gasteiger partial charge in [0.25, 0.3) is 0 Å². The van der Waals surface area contributed by atoms with E-state index in [1.54, 1.807) is 18.2 Å². The highest BCUT2D eigenvalue weighted by atomic mass is 16.2. The molecule has 0 bridgehead atoms. The van der Waals surface area contributed by atoms with Gasteiger partial charge in [0.15, 0.2) is 5.78 Å². The zero-order chi connectivity index (χ0) is 21.0. The zero-order valence-corrected chi connectivity index (χ0v) is 17.5. The number of nitrogens with one attached hydrogen (secondary N) is 1. The Balaban J connectivity index is 2.14. The van der Waals surface area contributed by atoms with E-state index >= 15 is 0 Å². The molecule has 0 saturated heterocycles. The second kappa shape index (κ2) is 6.69. The van der Waals surface area contributed by atoms with Crippen molar-refractivity contribution < 1.29 is 14.4 Å². The van der Waals surface area contributed by atoms with Crippen molar-refractivity contribution in [2.75, 3.05) is 5.32 Å². The largest absolute Gasteiger partial charge is 0.326 e. The molecule has 28 heavy (non-hydrogen) atoms. The van der Waals surface area contributed by atoms with Crippen molar-refractivity contribution in [2.45, 2.75) is 53.9 Å². The van der Waals surface area contributed by atoms with Crippen molar-refractivity contribution in [2.24, 2.45) is 11.8 Å². The monoisotopic (exact) mass is 381 g/mol. The Kier molecular flexibility index (Phi) is 4.77. The number of ketones is 1. The maximum atomic E-state index is 13.3. The van der Waals surface area contributed by atoms with Gasteiger partial charge in [0, 0.05) is 34.1 Å². The highest BCUT2D eigenvalue weighted by molar-refractivity contribution is 6.22. The third-order valence-corrected chi connectivity index (χ3v) is 4.84. The minimum absolute atomic E-state index is 0.105. The summed E-state index contributed by atoms with van der Waals surface area (Å²) in [6, 6.07) is 5.25. The van der Waals surface area contributed by atoms with Crippen molar-refractivity contribution in [3.63, 3.8) is 0 Å². The summed E-state index contributed by atoms with van der Waals surface area (Å²) < 4.78 is 1.41. The van der Waals surface area contributed by atoms with Crippen LogP contribution in [0.3, 0.4) is 0 Å². The Morgan fingerprint density at radius 1 is 1.04 bits per heavy atom. The summed E-state index contributed by atoms with van der Waals surface area (Å²) in [6.45, 7) is 13.2. The van der Waals surface area contributed by atoms with Gasteiger partial charge in [0.05, 0.1) is 11.3 Å². The van der Waals surface area contributed by atoms with E-state index in [1.807, 2.05) is 48.5 Å². The van der Waals surface area contributed by atoms with Crippen LogP contribution < -0.4 is 5.32 Å². The maximum Gasteiger partial charge on any atom is 0.249 e. The van der Waals surface area contributed by atoms with Gasteiger partial charge in [-0.15, -0.1) is 0 Å². The summed E-state index contributed by atoms with van der Waals surface area (Å²) in [4.78, 5) is 38.0. The lowest BCUT2D eigenvalue weighted by Crippen LogP contribution is -2.28. The van der Waals surface area contributed by atoms with Crippen LogP contribution in [0.2, 0.25) is 0 Å². The molecule has 148 valence electrons. The Morgan fingerprint density at radius 3 is 2.21 bits per heavy atom.